The van der Waals surface area contributed by atoms with E-state index in [9.17, 15) is 34.8 Å². The number of aryl methyl sites for hydroxylation is 3. The number of nitrogens with zero attached hydrogens (tertiary/aromatic N) is 1. The van der Waals surface area contributed by atoms with Crippen molar-refractivity contribution < 1.29 is 48.8 Å². The van der Waals surface area contributed by atoms with Gasteiger partial charge in [-0.2, -0.15) is 4.57 Å². The summed E-state index contributed by atoms with van der Waals surface area (Å²) < 4.78 is 72.9. The van der Waals surface area contributed by atoms with Gasteiger partial charge in [0, 0.05) is 38.8 Å². The van der Waals surface area contributed by atoms with Crippen molar-refractivity contribution in [3.05, 3.63) is 53.4 Å². The van der Waals surface area contributed by atoms with Gasteiger partial charge in [0.25, 0.3) is 0 Å². The summed E-state index contributed by atoms with van der Waals surface area (Å²) in [5.41, 5.74) is 3.33. The van der Waals surface area contributed by atoms with E-state index in [2.05, 4.69) is 75.6 Å². The van der Waals surface area contributed by atoms with Gasteiger partial charge in [-0.25, -0.2) is 0 Å². The number of hydrogen-bond acceptors (Lipinski definition) is 4. The number of carbonyl (C=O) groups is 2. The molecule has 0 N–H and O–H groups in total. The molecule has 346 valence electrons. The standard InChI is InChI=1S/C47H82NO4.F6P/c1-6-8-10-12-14-16-18-20-22-24-26-28-30-32-34-36-46(49)51-40-45(48-43(4)38-42(3)39-44(48)5)41-52-47(50)37-35-33-31-29-27-25-23-21-19-17-15-13-11-9-7-2;1-7(2,3,4,5)6/h20-23,38-39,45H,6-19,24-37,40-41H2,1-5H3;/q+1;-1/b22-20-,23-21-;. The van der Waals surface area contributed by atoms with Crippen LogP contribution in [0.15, 0.2) is 36.4 Å². The van der Waals surface area contributed by atoms with Crippen LogP contribution in [0.5, 0.6) is 0 Å². The van der Waals surface area contributed by atoms with Gasteiger partial charge in [0.2, 0.25) is 6.04 Å². The van der Waals surface area contributed by atoms with Crippen LogP contribution in [0.2, 0.25) is 0 Å². The van der Waals surface area contributed by atoms with Crippen molar-refractivity contribution in [2.75, 3.05) is 13.2 Å². The molecule has 59 heavy (non-hydrogen) atoms. The molecule has 1 rings (SSSR count). The SMILES string of the molecule is CCCCCCCC/C=C\CCCCCCCC(=O)OCC(COC(=O)CCCCCCC/C=C\CCCCCCCC)[n+]1c(C)cc(C)cc1C.F[P-](F)(F)(F)(F)F. The summed E-state index contributed by atoms with van der Waals surface area (Å²) in [6.45, 7) is 11.2. The quantitative estimate of drug-likeness (QED) is 0.0170. The molecule has 0 atom stereocenters. The second kappa shape index (κ2) is 32.3. The number of allylic oxidation sites excluding steroid dienone is 4. The molecule has 0 fully saturated rings. The fourth-order valence-electron chi connectivity index (χ4n) is 7.09. The molecule has 0 bridgehead atoms. The summed E-state index contributed by atoms with van der Waals surface area (Å²) in [5.74, 6) is -0.324. The van der Waals surface area contributed by atoms with E-state index < -0.39 is 7.81 Å². The minimum atomic E-state index is -10.7. The van der Waals surface area contributed by atoms with Crippen LogP contribution in [0.1, 0.15) is 217 Å². The van der Waals surface area contributed by atoms with E-state index in [1.165, 1.54) is 121 Å². The van der Waals surface area contributed by atoms with Crippen molar-refractivity contribution in [1.29, 1.82) is 0 Å². The Labute approximate surface area is 354 Å². The summed E-state index contributed by atoms with van der Waals surface area (Å²) in [4.78, 5) is 25.4. The number of halogens is 6. The maximum absolute atomic E-state index is 12.7. The number of esters is 2. The Morgan fingerprint density at radius 2 is 0.780 bits per heavy atom. The Balaban J connectivity index is 0.00000438. The predicted molar refractivity (Wildman–Crippen MR) is 234 cm³/mol. The third-order valence-corrected chi connectivity index (χ3v) is 10.2. The number of unbranched alkanes of at least 4 members (excludes halogenated alkanes) is 22. The van der Waals surface area contributed by atoms with E-state index in [1.807, 2.05) is 0 Å². The van der Waals surface area contributed by atoms with Gasteiger partial charge in [-0.15, -0.1) is 0 Å². The molecule has 0 spiro atoms. The molecule has 12 heteroatoms. The van der Waals surface area contributed by atoms with Gasteiger partial charge in [-0.3, -0.25) is 9.59 Å². The molecular formula is C47H82F6NO4P. The van der Waals surface area contributed by atoms with E-state index in [0.29, 0.717) is 12.8 Å². The van der Waals surface area contributed by atoms with Crippen LogP contribution >= 0.6 is 7.81 Å². The first-order valence-electron chi connectivity index (χ1n) is 23.0. The van der Waals surface area contributed by atoms with E-state index in [4.69, 9.17) is 9.47 Å². The molecule has 0 aliphatic carbocycles. The predicted octanol–water partition coefficient (Wildman–Crippen LogP) is 17.0. The fraction of sp³-hybridized carbons (Fsp3) is 0.766. The molecule has 1 aromatic heterocycles. The Hall–Kier alpha value is -2.42. The van der Waals surface area contributed by atoms with Crippen LogP contribution in [0, 0.1) is 20.8 Å². The van der Waals surface area contributed by atoms with Crippen LogP contribution in [-0.2, 0) is 19.1 Å². The minimum absolute atomic E-state index is 0.162. The third kappa shape index (κ3) is 42.1. The second-order valence-corrected chi connectivity index (χ2v) is 18.2. The Bertz CT molecular complexity index is 1210. The second-order valence-electron chi connectivity index (χ2n) is 16.3. The number of carbonyl (C=O) groups excluding carboxylic acids is 2. The Kier molecular flexibility index (Phi) is 31.0. The topological polar surface area (TPSA) is 56.5 Å². The van der Waals surface area contributed by atoms with Crippen LogP contribution in [-0.4, -0.2) is 25.2 Å². The van der Waals surface area contributed by atoms with Gasteiger partial charge in [-0.05, 0) is 76.7 Å². The molecular weight excluding hydrogens is 787 g/mol. The summed E-state index contributed by atoms with van der Waals surface area (Å²) in [7, 11) is -10.7. The third-order valence-electron chi connectivity index (χ3n) is 10.2. The summed E-state index contributed by atoms with van der Waals surface area (Å²) in [6, 6.07) is 4.01. The van der Waals surface area contributed by atoms with Gasteiger partial charge in [-0.1, -0.05) is 141 Å². The average molecular weight is 870 g/mol. The molecule has 0 aliphatic heterocycles. The van der Waals surface area contributed by atoms with Gasteiger partial charge >= 0.3 is 44.9 Å². The van der Waals surface area contributed by atoms with Crippen molar-refractivity contribution in [1.82, 2.24) is 0 Å². The summed E-state index contributed by atoms with van der Waals surface area (Å²) in [6.07, 6.45) is 42.4. The number of ether oxygens (including phenoxy) is 2. The zero-order valence-corrected chi connectivity index (χ0v) is 38.4. The van der Waals surface area contributed by atoms with Crippen LogP contribution in [0.25, 0.3) is 0 Å². The number of hydrogen-bond donors (Lipinski definition) is 0. The van der Waals surface area contributed by atoms with Crippen LogP contribution in [0.3, 0.4) is 0 Å². The molecule has 0 radical (unpaired) electrons. The van der Waals surface area contributed by atoms with Crippen molar-refractivity contribution in [3.63, 3.8) is 0 Å². The van der Waals surface area contributed by atoms with Crippen LogP contribution < -0.4 is 4.57 Å². The zero-order valence-electron chi connectivity index (χ0n) is 37.5. The van der Waals surface area contributed by atoms with E-state index >= 15 is 0 Å². The molecule has 5 nitrogen and oxygen atoms in total. The van der Waals surface area contributed by atoms with E-state index in [1.54, 1.807) is 0 Å². The number of rotatable bonds is 35. The van der Waals surface area contributed by atoms with Gasteiger partial charge in [0.05, 0.1) is 0 Å². The van der Waals surface area contributed by atoms with Crippen molar-refractivity contribution in [2.45, 2.75) is 220 Å². The molecule has 0 amide bonds. The van der Waals surface area contributed by atoms with Crippen molar-refractivity contribution in [3.8, 4) is 0 Å². The first-order valence-corrected chi connectivity index (χ1v) is 25.0. The van der Waals surface area contributed by atoms with Crippen LogP contribution in [0.4, 0.5) is 25.2 Å². The zero-order chi connectivity index (χ0) is 44.3. The first kappa shape index (κ1) is 56.6. The number of pyridine rings is 1. The first-order chi connectivity index (χ1) is 27.8. The molecule has 0 aromatic carbocycles. The molecule has 0 saturated carbocycles. The monoisotopic (exact) mass is 870 g/mol. The summed E-state index contributed by atoms with van der Waals surface area (Å²) in [5, 5.41) is 0. The molecule has 1 heterocycles. The maximum atomic E-state index is 12.7. The summed E-state index contributed by atoms with van der Waals surface area (Å²) >= 11 is 0. The van der Waals surface area contributed by atoms with E-state index in [0.717, 1.165) is 62.8 Å². The van der Waals surface area contributed by atoms with Gasteiger partial charge in [0.1, 0.15) is 0 Å². The van der Waals surface area contributed by atoms with Crippen molar-refractivity contribution in [2.24, 2.45) is 0 Å². The Morgan fingerprint density at radius 1 is 0.508 bits per heavy atom. The van der Waals surface area contributed by atoms with Gasteiger partial charge < -0.3 is 9.47 Å². The van der Waals surface area contributed by atoms with Gasteiger partial charge in [0.15, 0.2) is 24.6 Å². The molecule has 1 aromatic rings. The molecule has 0 aliphatic rings. The van der Waals surface area contributed by atoms with E-state index in [-0.39, 0.29) is 31.2 Å². The molecule has 0 unspecified atom stereocenters. The fourth-order valence-corrected chi connectivity index (χ4v) is 7.09. The average Bonchev–Trinajstić information content (AvgIpc) is 3.14. The van der Waals surface area contributed by atoms with Crippen molar-refractivity contribution >= 4 is 19.7 Å². The normalized spacial score (nSPS) is 13.1. The molecule has 0 saturated heterocycles. The number of aromatic nitrogens is 1. The Morgan fingerprint density at radius 3 is 1.08 bits per heavy atom.